The van der Waals surface area contributed by atoms with Gasteiger partial charge in [0.1, 0.15) is 5.00 Å². The number of fused-ring (bicyclic) bond motifs is 1. The second-order valence-electron chi connectivity index (χ2n) is 6.02. The summed E-state index contributed by atoms with van der Waals surface area (Å²) >= 11 is 1.38. The van der Waals surface area contributed by atoms with Gasteiger partial charge in [-0.15, -0.1) is 11.3 Å². The quantitative estimate of drug-likeness (QED) is 0.653. The number of hydrogen-bond donors (Lipinski definition) is 1. The van der Waals surface area contributed by atoms with Crippen LogP contribution in [0.5, 0.6) is 0 Å². The molecule has 1 aromatic rings. The van der Waals surface area contributed by atoms with Crippen LogP contribution in [0.1, 0.15) is 40.1 Å². The lowest BCUT2D eigenvalue weighted by Gasteiger charge is -2.28. The van der Waals surface area contributed by atoms with Crippen LogP contribution >= 0.6 is 11.3 Å². The van der Waals surface area contributed by atoms with E-state index >= 15 is 0 Å². The Kier molecular flexibility index (Phi) is 4.71. The maximum Gasteiger partial charge on any atom is 0.341 e. The van der Waals surface area contributed by atoms with E-state index in [0.717, 1.165) is 29.7 Å². The molecule has 0 fully saturated rings. The summed E-state index contributed by atoms with van der Waals surface area (Å²) in [6, 6.07) is 0. The zero-order valence-corrected chi connectivity index (χ0v) is 14.1. The molecule has 3 rings (SSSR count). The molecule has 128 valence electrons. The fourth-order valence-corrected chi connectivity index (χ4v) is 4.66. The molecule has 1 N–H and O–H groups in total. The molecule has 24 heavy (non-hydrogen) atoms. The number of carboxylic acid groups (broad SMARTS) is 1. The zero-order valence-electron chi connectivity index (χ0n) is 13.3. The van der Waals surface area contributed by atoms with E-state index in [1.54, 1.807) is 12.2 Å². The summed E-state index contributed by atoms with van der Waals surface area (Å²) in [6.07, 6.45) is 6.85. The molecule has 0 spiro atoms. The number of thiophene rings is 1. The van der Waals surface area contributed by atoms with Crippen molar-refractivity contribution in [2.45, 2.75) is 32.1 Å². The van der Waals surface area contributed by atoms with Gasteiger partial charge in [0, 0.05) is 16.8 Å². The standard InChI is InChI=1S/C17H19NO5S/c1-23-17(22)13-11-7-4-8-12(11)24-15(13)18-14(19)9-5-2-3-6-10(9)16(20)21/h2-3,9-10H,4-8H2,1H3,(H,18,19)(H,20,21)/p-1/t9-,10-/m1/s1. The number of hydrogen-bond acceptors (Lipinski definition) is 6. The van der Waals surface area contributed by atoms with Gasteiger partial charge < -0.3 is 20.0 Å². The van der Waals surface area contributed by atoms with E-state index in [-0.39, 0.29) is 6.42 Å². The first-order valence-corrected chi connectivity index (χ1v) is 8.74. The highest BCUT2D eigenvalue weighted by molar-refractivity contribution is 7.17. The molecule has 1 amide bonds. The van der Waals surface area contributed by atoms with E-state index < -0.39 is 29.7 Å². The number of methoxy groups -OCH3 is 1. The largest absolute Gasteiger partial charge is 0.550 e. The smallest absolute Gasteiger partial charge is 0.341 e. The Labute approximate surface area is 143 Å². The predicted octanol–water partition coefficient (Wildman–Crippen LogP) is 1.29. The Morgan fingerprint density at radius 3 is 2.58 bits per heavy atom. The molecule has 0 aliphatic heterocycles. The van der Waals surface area contributed by atoms with Gasteiger partial charge in [-0.25, -0.2) is 4.79 Å². The second kappa shape index (κ2) is 6.76. The number of amides is 1. The average Bonchev–Trinajstić information content (AvgIpc) is 3.14. The fraction of sp³-hybridized carbons (Fsp3) is 0.471. The van der Waals surface area contributed by atoms with Gasteiger partial charge in [-0.05, 0) is 37.7 Å². The molecule has 2 aliphatic carbocycles. The molecule has 7 heteroatoms. The third-order valence-electron chi connectivity index (χ3n) is 4.62. The number of rotatable bonds is 4. The van der Waals surface area contributed by atoms with Crippen LogP contribution < -0.4 is 10.4 Å². The number of esters is 1. The Morgan fingerprint density at radius 1 is 1.21 bits per heavy atom. The predicted molar refractivity (Wildman–Crippen MR) is 86.7 cm³/mol. The first kappa shape index (κ1) is 16.7. The lowest BCUT2D eigenvalue weighted by atomic mass is 9.82. The number of anilines is 1. The normalized spacial score (nSPS) is 22.0. The lowest BCUT2D eigenvalue weighted by molar-refractivity contribution is -0.313. The molecule has 1 heterocycles. The van der Waals surface area contributed by atoms with Crippen molar-refractivity contribution in [3.8, 4) is 0 Å². The van der Waals surface area contributed by atoms with E-state index in [4.69, 9.17) is 4.74 Å². The summed E-state index contributed by atoms with van der Waals surface area (Å²) in [6.45, 7) is 0. The van der Waals surface area contributed by atoms with Gasteiger partial charge in [0.2, 0.25) is 5.91 Å². The number of carbonyl (C=O) groups is 3. The molecule has 0 unspecified atom stereocenters. The van der Waals surface area contributed by atoms with Crippen LogP contribution in [-0.2, 0) is 27.2 Å². The number of aliphatic carboxylic acids is 1. The highest BCUT2D eigenvalue weighted by Gasteiger charge is 2.33. The van der Waals surface area contributed by atoms with Gasteiger partial charge in [-0.3, -0.25) is 4.79 Å². The van der Waals surface area contributed by atoms with Crippen molar-refractivity contribution in [2.75, 3.05) is 12.4 Å². The van der Waals surface area contributed by atoms with Crippen molar-refractivity contribution in [1.29, 1.82) is 0 Å². The van der Waals surface area contributed by atoms with E-state index in [9.17, 15) is 19.5 Å². The molecule has 0 saturated carbocycles. The summed E-state index contributed by atoms with van der Waals surface area (Å²) in [5.74, 6) is -3.62. The molecule has 1 aromatic heterocycles. The Bertz CT molecular complexity index is 721. The van der Waals surface area contributed by atoms with Crippen LogP contribution in [0.3, 0.4) is 0 Å². The fourth-order valence-electron chi connectivity index (χ4n) is 3.38. The SMILES string of the molecule is COC(=O)c1c(NC(=O)[C@@H]2CC=CC[C@H]2C(=O)[O-])sc2c1CCC2. The molecule has 0 bridgehead atoms. The molecular weight excluding hydrogens is 330 g/mol. The molecule has 0 saturated heterocycles. The summed E-state index contributed by atoms with van der Waals surface area (Å²) in [7, 11) is 1.31. The summed E-state index contributed by atoms with van der Waals surface area (Å²) in [4.78, 5) is 37.0. The van der Waals surface area contributed by atoms with Crippen molar-refractivity contribution in [2.24, 2.45) is 11.8 Å². The van der Waals surface area contributed by atoms with E-state index in [2.05, 4.69) is 5.32 Å². The summed E-state index contributed by atoms with van der Waals surface area (Å²) in [5.41, 5.74) is 1.36. The Balaban J connectivity index is 1.86. The highest BCUT2D eigenvalue weighted by Crippen LogP contribution is 2.40. The van der Waals surface area contributed by atoms with Gasteiger partial charge in [0.05, 0.1) is 18.6 Å². The van der Waals surface area contributed by atoms with Crippen LogP contribution in [0.2, 0.25) is 0 Å². The third kappa shape index (κ3) is 2.96. The second-order valence-corrected chi connectivity index (χ2v) is 7.12. The Hall–Kier alpha value is -2.15. The molecule has 0 radical (unpaired) electrons. The molecule has 0 aromatic carbocycles. The van der Waals surface area contributed by atoms with Crippen LogP contribution in [0.25, 0.3) is 0 Å². The molecular formula is C17H18NO5S-. The first-order chi connectivity index (χ1) is 11.5. The van der Waals surface area contributed by atoms with Crippen molar-refractivity contribution in [3.05, 3.63) is 28.2 Å². The van der Waals surface area contributed by atoms with Crippen LogP contribution in [0.4, 0.5) is 5.00 Å². The van der Waals surface area contributed by atoms with Gasteiger partial charge >= 0.3 is 5.97 Å². The van der Waals surface area contributed by atoms with Gasteiger partial charge in [-0.1, -0.05) is 12.2 Å². The summed E-state index contributed by atoms with van der Waals surface area (Å²) in [5, 5.41) is 14.5. The Morgan fingerprint density at radius 2 is 1.92 bits per heavy atom. The molecule has 2 atom stereocenters. The minimum absolute atomic E-state index is 0.283. The van der Waals surface area contributed by atoms with E-state index in [1.165, 1.54) is 18.4 Å². The van der Waals surface area contributed by atoms with Crippen LogP contribution in [0.15, 0.2) is 12.2 Å². The van der Waals surface area contributed by atoms with E-state index in [1.807, 2.05) is 0 Å². The highest BCUT2D eigenvalue weighted by atomic mass is 32.1. The number of carbonyl (C=O) groups excluding carboxylic acids is 3. The van der Waals surface area contributed by atoms with Crippen molar-refractivity contribution in [3.63, 3.8) is 0 Å². The summed E-state index contributed by atoms with van der Waals surface area (Å²) < 4.78 is 4.85. The van der Waals surface area contributed by atoms with Gasteiger partial charge in [0.25, 0.3) is 0 Å². The number of carboxylic acids is 1. The van der Waals surface area contributed by atoms with E-state index in [0.29, 0.717) is 17.0 Å². The van der Waals surface area contributed by atoms with Crippen LogP contribution in [0, 0.1) is 11.8 Å². The number of nitrogens with one attached hydrogen (secondary N) is 1. The monoisotopic (exact) mass is 348 g/mol. The van der Waals surface area contributed by atoms with Crippen molar-refractivity contribution < 1.29 is 24.2 Å². The number of aryl methyl sites for hydroxylation is 1. The van der Waals surface area contributed by atoms with Crippen molar-refractivity contribution in [1.82, 2.24) is 0 Å². The number of ether oxygens (including phenoxy) is 1. The zero-order chi connectivity index (χ0) is 17.3. The third-order valence-corrected chi connectivity index (χ3v) is 5.83. The van der Waals surface area contributed by atoms with Gasteiger partial charge in [-0.2, -0.15) is 0 Å². The average molecular weight is 348 g/mol. The van der Waals surface area contributed by atoms with Crippen LogP contribution in [-0.4, -0.2) is 25.0 Å². The maximum absolute atomic E-state index is 12.6. The first-order valence-electron chi connectivity index (χ1n) is 7.92. The molecule has 6 nitrogen and oxygen atoms in total. The lowest BCUT2D eigenvalue weighted by Crippen LogP contribution is -2.41. The topological polar surface area (TPSA) is 95.5 Å². The minimum Gasteiger partial charge on any atom is -0.550 e. The number of allylic oxidation sites excluding steroid dienone is 2. The van der Waals surface area contributed by atoms with Gasteiger partial charge in [0.15, 0.2) is 0 Å². The minimum atomic E-state index is -1.22. The maximum atomic E-state index is 12.6. The molecule has 2 aliphatic rings. The van der Waals surface area contributed by atoms with Crippen molar-refractivity contribution >= 4 is 34.2 Å².